The van der Waals surface area contributed by atoms with Gasteiger partial charge in [0.1, 0.15) is 6.33 Å². The van der Waals surface area contributed by atoms with Crippen molar-refractivity contribution in [3.63, 3.8) is 0 Å². The fourth-order valence-electron chi connectivity index (χ4n) is 2.16. The van der Waals surface area contributed by atoms with Gasteiger partial charge in [0.2, 0.25) is 5.88 Å². The number of fused-ring (bicyclic) bond motifs is 1. The Labute approximate surface area is 140 Å². The number of aromatic nitrogens is 2. The molecule has 5 nitrogen and oxygen atoms in total. The van der Waals surface area contributed by atoms with Crippen LogP contribution in [-0.2, 0) is 0 Å². The molecule has 0 fully saturated rings. The van der Waals surface area contributed by atoms with E-state index in [1.54, 1.807) is 12.1 Å². The Kier molecular flexibility index (Phi) is 5.49. The van der Waals surface area contributed by atoms with Gasteiger partial charge in [-0.1, -0.05) is 18.2 Å². The molecule has 0 spiro atoms. The number of nitrogens with one attached hydrogen (secondary N) is 1. The SMILES string of the molecule is CCOc1ncnc2ccc(NC(=O)c3ccccc3)cc12.Cl. The van der Waals surface area contributed by atoms with Gasteiger partial charge in [0.05, 0.1) is 17.5 Å². The van der Waals surface area contributed by atoms with Crippen LogP contribution >= 0.6 is 12.4 Å². The first-order chi connectivity index (χ1) is 10.8. The molecule has 0 radical (unpaired) electrons. The minimum atomic E-state index is -0.158. The van der Waals surface area contributed by atoms with Crippen LogP contribution in [0.5, 0.6) is 5.88 Å². The summed E-state index contributed by atoms with van der Waals surface area (Å²) in [4.78, 5) is 20.5. The smallest absolute Gasteiger partial charge is 0.255 e. The molecule has 0 aliphatic rings. The molecule has 0 saturated carbocycles. The van der Waals surface area contributed by atoms with E-state index in [1.165, 1.54) is 6.33 Å². The molecule has 0 saturated heterocycles. The molecule has 3 rings (SSSR count). The van der Waals surface area contributed by atoms with Gasteiger partial charge in [0.25, 0.3) is 5.91 Å². The molecular weight excluding hydrogens is 314 g/mol. The summed E-state index contributed by atoms with van der Waals surface area (Å²) in [6, 6.07) is 14.5. The fraction of sp³-hybridized carbons (Fsp3) is 0.118. The normalized spacial score (nSPS) is 9.96. The first kappa shape index (κ1) is 16.7. The minimum Gasteiger partial charge on any atom is -0.477 e. The van der Waals surface area contributed by atoms with Crippen LogP contribution in [-0.4, -0.2) is 22.5 Å². The largest absolute Gasteiger partial charge is 0.477 e. The number of hydrogen-bond acceptors (Lipinski definition) is 4. The third kappa shape index (κ3) is 3.76. The molecule has 2 aromatic carbocycles. The van der Waals surface area contributed by atoms with E-state index in [0.717, 1.165) is 10.9 Å². The van der Waals surface area contributed by atoms with E-state index >= 15 is 0 Å². The second-order valence-corrected chi connectivity index (χ2v) is 4.66. The quantitative estimate of drug-likeness (QED) is 0.792. The van der Waals surface area contributed by atoms with Crippen LogP contribution in [0.4, 0.5) is 5.69 Å². The number of amides is 1. The number of halogens is 1. The molecule has 0 aliphatic carbocycles. The van der Waals surface area contributed by atoms with Crippen molar-refractivity contribution in [1.82, 2.24) is 9.97 Å². The van der Waals surface area contributed by atoms with Gasteiger partial charge in [-0.05, 0) is 37.3 Å². The van der Waals surface area contributed by atoms with Gasteiger partial charge in [0, 0.05) is 11.3 Å². The number of rotatable bonds is 4. The topological polar surface area (TPSA) is 64.1 Å². The molecule has 118 valence electrons. The van der Waals surface area contributed by atoms with Crippen molar-refractivity contribution < 1.29 is 9.53 Å². The number of carbonyl (C=O) groups is 1. The fourth-order valence-corrected chi connectivity index (χ4v) is 2.16. The predicted molar refractivity (Wildman–Crippen MR) is 92.4 cm³/mol. The van der Waals surface area contributed by atoms with Crippen molar-refractivity contribution in [3.8, 4) is 5.88 Å². The van der Waals surface area contributed by atoms with E-state index in [0.29, 0.717) is 23.7 Å². The van der Waals surface area contributed by atoms with E-state index in [2.05, 4.69) is 15.3 Å². The van der Waals surface area contributed by atoms with Crippen LogP contribution < -0.4 is 10.1 Å². The molecule has 1 amide bonds. The number of anilines is 1. The lowest BCUT2D eigenvalue weighted by Crippen LogP contribution is -2.11. The summed E-state index contributed by atoms with van der Waals surface area (Å²) in [7, 11) is 0. The van der Waals surface area contributed by atoms with Crippen LogP contribution in [0.2, 0.25) is 0 Å². The number of nitrogens with zero attached hydrogens (tertiary/aromatic N) is 2. The third-order valence-corrected chi connectivity index (χ3v) is 3.17. The summed E-state index contributed by atoms with van der Waals surface area (Å²) in [6.45, 7) is 2.42. The highest BCUT2D eigenvalue weighted by molar-refractivity contribution is 6.05. The van der Waals surface area contributed by atoms with Crippen LogP contribution in [0.3, 0.4) is 0 Å². The molecule has 6 heteroatoms. The average molecular weight is 330 g/mol. The maximum Gasteiger partial charge on any atom is 0.255 e. The van der Waals surface area contributed by atoms with E-state index < -0.39 is 0 Å². The minimum absolute atomic E-state index is 0. The predicted octanol–water partition coefficient (Wildman–Crippen LogP) is 3.70. The Morgan fingerprint density at radius 2 is 1.91 bits per heavy atom. The maximum atomic E-state index is 12.2. The second-order valence-electron chi connectivity index (χ2n) is 4.66. The first-order valence-electron chi connectivity index (χ1n) is 7.02. The van der Waals surface area contributed by atoms with E-state index in [9.17, 15) is 4.79 Å². The van der Waals surface area contributed by atoms with Crippen LogP contribution in [0.25, 0.3) is 10.9 Å². The summed E-state index contributed by atoms with van der Waals surface area (Å²) < 4.78 is 5.50. The lowest BCUT2D eigenvalue weighted by molar-refractivity contribution is 0.102. The summed E-state index contributed by atoms with van der Waals surface area (Å²) in [6.07, 6.45) is 1.47. The van der Waals surface area contributed by atoms with Crippen molar-refractivity contribution >= 4 is 34.9 Å². The summed E-state index contributed by atoms with van der Waals surface area (Å²) >= 11 is 0. The lowest BCUT2D eigenvalue weighted by Gasteiger charge is -2.09. The van der Waals surface area contributed by atoms with Crippen LogP contribution in [0.15, 0.2) is 54.9 Å². The van der Waals surface area contributed by atoms with E-state index in [4.69, 9.17) is 4.74 Å². The molecule has 0 unspecified atom stereocenters. The molecule has 3 aromatic rings. The lowest BCUT2D eigenvalue weighted by atomic mass is 10.2. The number of carbonyl (C=O) groups excluding carboxylic acids is 1. The van der Waals surface area contributed by atoms with Gasteiger partial charge in [-0.2, -0.15) is 0 Å². The van der Waals surface area contributed by atoms with E-state index in [1.807, 2.05) is 43.3 Å². The Morgan fingerprint density at radius 1 is 1.13 bits per heavy atom. The maximum absolute atomic E-state index is 12.2. The van der Waals surface area contributed by atoms with Gasteiger partial charge < -0.3 is 10.1 Å². The molecule has 1 heterocycles. The number of benzene rings is 2. The van der Waals surface area contributed by atoms with Crippen molar-refractivity contribution in [2.75, 3.05) is 11.9 Å². The highest BCUT2D eigenvalue weighted by Crippen LogP contribution is 2.25. The molecule has 0 aliphatic heterocycles. The summed E-state index contributed by atoms with van der Waals surface area (Å²) in [5.41, 5.74) is 2.06. The van der Waals surface area contributed by atoms with Crippen molar-refractivity contribution in [1.29, 1.82) is 0 Å². The van der Waals surface area contributed by atoms with Gasteiger partial charge >= 0.3 is 0 Å². The van der Waals surface area contributed by atoms with Gasteiger partial charge in [-0.25, -0.2) is 9.97 Å². The Bertz CT molecular complexity index is 809. The Balaban J connectivity index is 0.00000192. The standard InChI is InChI=1S/C17H15N3O2.ClH/c1-2-22-17-14-10-13(8-9-15(14)18-11-19-17)20-16(21)12-6-4-3-5-7-12;/h3-11H,2H2,1H3,(H,20,21);1H. The molecule has 0 atom stereocenters. The van der Waals surface area contributed by atoms with E-state index in [-0.39, 0.29) is 18.3 Å². The number of ether oxygens (including phenoxy) is 1. The molecule has 1 aromatic heterocycles. The van der Waals surface area contributed by atoms with Crippen molar-refractivity contribution in [2.45, 2.75) is 6.92 Å². The van der Waals surface area contributed by atoms with Crippen molar-refractivity contribution in [2.24, 2.45) is 0 Å². The van der Waals surface area contributed by atoms with Crippen molar-refractivity contribution in [3.05, 3.63) is 60.4 Å². The molecule has 23 heavy (non-hydrogen) atoms. The second kappa shape index (κ2) is 7.56. The van der Waals surface area contributed by atoms with Crippen LogP contribution in [0, 0.1) is 0 Å². The van der Waals surface area contributed by atoms with Gasteiger partial charge in [0.15, 0.2) is 0 Å². The zero-order valence-electron chi connectivity index (χ0n) is 12.5. The first-order valence-corrected chi connectivity index (χ1v) is 7.02. The number of hydrogen-bond donors (Lipinski definition) is 1. The van der Waals surface area contributed by atoms with Crippen LogP contribution in [0.1, 0.15) is 17.3 Å². The molecule has 1 N–H and O–H groups in total. The monoisotopic (exact) mass is 329 g/mol. The summed E-state index contributed by atoms with van der Waals surface area (Å²) in [5, 5.41) is 3.64. The molecular formula is C17H16ClN3O2. The Morgan fingerprint density at radius 3 is 2.65 bits per heavy atom. The van der Waals surface area contributed by atoms with Gasteiger partial charge in [-0.15, -0.1) is 12.4 Å². The Hall–Kier alpha value is -2.66. The summed E-state index contributed by atoms with van der Waals surface area (Å²) in [5.74, 6) is 0.359. The average Bonchev–Trinajstić information content (AvgIpc) is 2.56. The molecule has 0 bridgehead atoms. The highest BCUT2D eigenvalue weighted by atomic mass is 35.5. The zero-order valence-corrected chi connectivity index (χ0v) is 13.3. The third-order valence-electron chi connectivity index (χ3n) is 3.17. The zero-order chi connectivity index (χ0) is 15.4. The van der Waals surface area contributed by atoms with Gasteiger partial charge in [-0.3, -0.25) is 4.79 Å². The highest BCUT2D eigenvalue weighted by Gasteiger charge is 2.09.